The fourth-order valence-corrected chi connectivity index (χ4v) is 5.13. The van der Waals surface area contributed by atoms with Crippen LogP contribution in [0.15, 0.2) is 54.2 Å². The van der Waals surface area contributed by atoms with Crippen molar-refractivity contribution >= 4 is 40.0 Å². The second kappa shape index (κ2) is 11.1. The lowest BCUT2D eigenvalue weighted by Crippen LogP contribution is -2.51. The first-order valence-electron chi connectivity index (χ1n) is 12.7. The number of piperidine rings is 1. The number of fused-ring (bicyclic) bond motifs is 1. The molecule has 0 saturated carbocycles. The van der Waals surface area contributed by atoms with E-state index in [1.54, 1.807) is 29.4 Å². The summed E-state index contributed by atoms with van der Waals surface area (Å²) in [5.74, 6) is 0.566. The van der Waals surface area contributed by atoms with Crippen molar-refractivity contribution in [2.24, 2.45) is 0 Å². The number of aliphatic hydroxyl groups excluding tert-OH is 1. The summed E-state index contributed by atoms with van der Waals surface area (Å²) in [6.07, 6.45) is 3.76. The van der Waals surface area contributed by atoms with Gasteiger partial charge in [0.15, 0.2) is 0 Å². The summed E-state index contributed by atoms with van der Waals surface area (Å²) in [7, 11) is 0. The minimum Gasteiger partial charge on any atom is -0.489 e. The Balaban J connectivity index is 1.41. The molecule has 2 aromatic carbocycles. The van der Waals surface area contributed by atoms with Gasteiger partial charge < -0.3 is 24.8 Å². The van der Waals surface area contributed by atoms with E-state index in [1.807, 2.05) is 38.3 Å². The van der Waals surface area contributed by atoms with Gasteiger partial charge in [-0.25, -0.2) is 24.1 Å². The topological polar surface area (TPSA) is 110 Å². The van der Waals surface area contributed by atoms with Crippen LogP contribution in [0, 0.1) is 5.82 Å². The third-order valence-electron chi connectivity index (χ3n) is 6.22. The van der Waals surface area contributed by atoms with Gasteiger partial charge in [-0.3, -0.25) is 0 Å². The number of thiazole rings is 1. The number of benzene rings is 2. The first kappa shape index (κ1) is 26.8. The smallest absolute Gasteiger partial charge is 0.410 e. The monoisotopic (exact) mass is 551 g/mol. The average molecular weight is 552 g/mol. The lowest BCUT2D eigenvalue weighted by atomic mass is 10.00. The van der Waals surface area contributed by atoms with Gasteiger partial charge in [-0.1, -0.05) is 6.07 Å². The number of ether oxygens (including phenoxy) is 2. The van der Waals surface area contributed by atoms with Crippen molar-refractivity contribution in [1.82, 2.24) is 19.9 Å². The number of carbonyl (C=O) groups excluding carboxylic acids is 1. The van der Waals surface area contributed by atoms with Crippen molar-refractivity contribution in [2.45, 2.75) is 51.4 Å². The van der Waals surface area contributed by atoms with Gasteiger partial charge in [-0.05, 0) is 45.0 Å². The molecular weight excluding hydrogens is 521 g/mol. The maximum absolute atomic E-state index is 13.6. The summed E-state index contributed by atoms with van der Waals surface area (Å²) in [5.41, 5.74) is 1.37. The van der Waals surface area contributed by atoms with Crippen LogP contribution in [-0.4, -0.2) is 62.0 Å². The van der Waals surface area contributed by atoms with Gasteiger partial charge >= 0.3 is 6.09 Å². The first-order chi connectivity index (χ1) is 18.7. The maximum Gasteiger partial charge on any atom is 0.410 e. The Morgan fingerprint density at radius 1 is 1.26 bits per heavy atom. The van der Waals surface area contributed by atoms with Crippen LogP contribution in [0.5, 0.6) is 5.75 Å². The van der Waals surface area contributed by atoms with Crippen LogP contribution < -0.4 is 10.1 Å². The number of hydrogen-bond acceptors (Lipinski definition) is 9. The Bertz CT molecular complexity index is 1460. The highest BCUT2D eigenvalue weighted by molar-refractivity contribution is 7.13. The van der Waals surface area contributed by atoms with Gasteiger partial charge in [-0.15, -0.1) is 11.3 Å². The zero-order valence-corrected chi connectivity index (χ0v) is 22.7. The number of anilines is 2. The Hall–Kier alpha value is -3.83. The van der Waals surface area contributed by atoms with Crippen molar-refractivity contribution in [2.75, 3.05) is 18.5 Å². The van der Waals surface area contributed by atoms with Crippen molar-refractivity contribution in [3.63, 3.8) is 0 Å². The molecule has 0 radical (unpaired) electrons. The van der Waals surface area contributed by atoms with Crippen molar-refractivity contribution in [3.8, 4) is 16.3 Å². The Kier molecular flexibility index (Phi) is 7.62. The van der Waals surface area contributed by atoms with Gasteiger partial charge in [0.05, 0.1) is 23.7 Å². The third kappa shape index (κ3) is 6.43. The fraction of sp³-hybridized carbons (Fsp3) is 0.357. The quantitative estimate of drug-likeness (QED) is 0.311. The molecule has 2 aromatic heterocycles. The van der Waals surface area contributed by atoms with Crippen LogP contribution in [0.25, 0.3) is 21.5 Å². The molecule has 204 valence electrons. The highest BCUT2D eigenvalue weighted by Crippen LogP contribution is 2.37. The van der Waals surface area contributed by atoms with E-state index in [9.17, 15) is 14.3 Å². The van der Waals surface area contributed by atoms with Gasteiger partial charge in [0, 0.05) is 54.3 Å². The number of halogens is 1. The van der Waals surface area contributed by atoms with E-state index in [4.69, 9.17) is 9.47 Å². The highest BCUT2D eigenvalue weighted by atomic mass is 32.1. The molecule has 9 nitrogen and oxygen atoms in total. The summed E-state index contributed by atoms with van der Waals surface area (Å²) in [5, 5.41) is 16.6. The lowest BCUT2D eigenvalue weighted by molar-refractivity contribution is -0.0143. The van der Waals surface area contributed by atoms with Gasteiger partial charge in [0.1, 0.15) is 28.3 Å². The number of carbonyl (C=O) groups is 1. The van der Waals surface area contributed by atoms with E-state index in [0.717, 1.165) is 16.0 Å². The van der Waals surface area contributed by atoms with Crippen LogP contribution in [-0.2, 0) is 4.74 Å². The van der Waals surface area contributed by atoms with E-state index < -0.39 is 17.7 Å². The Labute approximate surface area is 229 Å². The summed E-state index contributed by atoms with van der Waals surface area (Å²) in [6, 6.07) is 9.45. The lowest BCUT2D eigenvalue weighted by Gasteiger charge is -2.39. The number of rotatable bonds is 6. The standard InChI is InChI=1S/C28H30FN5O4S/c1-28(2,3)38-27(36)34-9-7-21(13-20(34)16-35)37-24-14-23-17(11-22(24)25-30-8-10-39-25)15-31-26(33-23)32-19-6-4-5-18(29)12-19/h4-6,8,10-12,14-15,20-21,35H,7,9,13,16H2,1-3H3,(H,31,32,33)/t20-,21?/m1/s1. The largest absolute Gasteiger partial charge is 0.489 e. The van der Waals surface area contributed by atoms with Gasteiger partial charge in [0.25, 0.3) is 0 Å². The molecule has 2 N–H and O–H groups in total. The maximum atomic E-state index is 13.6. The van der Waals surface area contributed by atoms with Gasteiger partial charge in [0.2, 0.25) is 5.95 Å². The molecule has 1 aliphatic rings. The molecule has 3 heterocycles. The van der Waals surface area contributed by atoms with E-state index in [1.165, 1.54) is 23.5 Å². The SMILES string of the molecule is CC(C)(C)OC(=O)N1CCC(Oc2cc3nc(Nc4cccc(F)c4)ncc3cc2-c2nccs2)C[C@@H]1CO. The van der Waals surface area contributed by atoms with Crippen molar-refractivity contribution in [1.29, 1.82) is 0 Å². The molecule has 11 heteroatoms. The average Bonchev–Trinajstić information content (AvgIpc) is 3.42. The zero-order chi connectivity index (χ0) is 27.6. The second-order valence-corrected chi connectivity index (χ2v) is 11.2. The molecule has 5 rings (SSSR count). The van der Waals surface area contributed by atoms with Gasteiger partial charge in [-0.2, -0.15) is 0 Å². The molecule has 0 spiro atoms. The van der Waals surface area contributed by atoms with Crippen LogP contribution in [0.1, 0.15) is 33.6 Å². The normalized spacial score (nSPS) is 17.7. The number of aromatic nitrogens is 3. The first-order valence-corrected chi connectivity index (χ1v) is 13.6. The number of nitrogens with zero attached hydrogens (tertiary/aromatic N) is 4. The zero-order valence-electron chi connectivity index (χ0n) is 21.9. The molecule has 39 heavy (non-hydrogen) atoms. The molecule has 1 unspecified atom stereocenters. The Morgan fingerprint density at radius 3 is 2.82 bits per heavy atom. The van der Waals surface area contributed by atoms with Crippen LogP contribution >= 0.6 is 11.3 Å². The van der Waals surface area contributed by atoms with E-state index in [2.05, 4.69) is 20.3 Å². The number of hydrogen-bond donors (Lipinski definition) is 2. The molecule has 1 aliphatic heterocycles. The van der Waals surface area contributed by atoms with Crippen LogP contribution in [0.3, 0.4) is 0 Å². The summed E-state index contributed by atoms with van der Waals surface area (Å²) >= 11 is 1.49. The molecular formula is C28H30FN5O4S. The van der Waals surface area contributed by atoms with Crippen molar-refractivity contribution in [3.05, 3.63) is 60.0 Å². The summed E-state index contributed by atoms with van der Waals surface area (Å²) in [4.78, 5) is 27.8. The molecule has 2 atom stereocenters. The molecule has 0 bridgehead atoms. The number of aliphatic hydroxyl groups is 1. The fourth-order valence-electron chi connectivity index (χ4n) is 4.47. The van der Waals surface area contributed by atoms with E-state index in [0.29, 0.717) is 42.3 Å². The molecule has 4 aromatic rings. The van der Waals surface area contributed by atoms with Crippen molar-refractivity contribution < 1.29 is 23.8 Å². The minimum atomic E-state index is -0.623. The molecule has 1 saturated heterocycles. The van der Waals surface area contributed by atoms with E-state index in [-0.39, 0.29) is 18.5 Å². The summed E-state index contributed by atoms with van der Waals surface area (Å²) < 4.78 is 25.7. The second-order valence-electron chi connectivity index (χ2n) is 10.3. The Morgan fingerprint density at radius 2 is 2.10 bits per heavy atom. The third-order valence-corrected chi connectivity index (χ3v) is 7.03. The molecule has 1 amide bonds. The minimum absolute atomic E-state index is 0.196. The number of amides is 1. The predicted molar refractivity (Wildman–Crippen MR) is 148 cm³/mol. The van der Waals surface area contributed by atoms with Crippen LogP contribution in [0.4, 0.5) is 20.8 Å². The number of likely N-dealkylation sites (tertiary alicyclic amines) is 1. The summed E-state index contributed by atoms with van der Waals surface area (Å²) in [6.45, 7) is 5.65. The van der Waals surface area contributed by atoms with Crippen LogP contribution in [0.2, 0.25) is 0 Å². The van der Waals surface area contributed by atoms with E-state index >= 15 is 0 Å². The number of nitrogens with one attached hydrogen (secondary N) is 1. The highest BCUT2D eigenvalue weighted by Gasteiger charge is 2.35. The predicted octanol–water partition coefficient (Wildman–Crippen LogP) is 5.78. The molecule has 1 fully saturated rings. The molecule has 0 aliphatic carbocycles.